The molecule has 0 aliphatic carbocycles. The Morgan fingerprint density at radius 3 is 1.94 bits per heavy atom. The van der Waals surface area contributed by atoms with Gasteiger partial charge in [0.05, 0.1) is 11.2 Å². The number of furan rings is 1. The second kappa shape index (κ2) is 6.71. The lowest BCUT2D eigenvalue weighted by molar-refractivity contribution is 0.00578. The molecule has 4 aromatic carbocycles. The molecule has 0 bridgehead atoms. The number of hydrogen-bond donors (Lipinski definition) is 0. The highest BCUT2D eigenvalue weighted by Gasteiger charge is 2.52. The van der Waals surface area contributed by atoms with Gasteiger partial charge in [-0.2, -0.15) is 0 Å². The van der Waals surface area contributed by atoms with Crippen LogP contribution in [0.2, 0.25) is 0 Å². The minimum Gasteiger partial charge on any atom is -0.456 e. The summed E-state index contributed by atoms with van der Waals surface area (Å²) in [5, 5.41) is 4.55. The Balaban J connectivity index is 1.65. The van der Waals surface area contributed by atoms with Gasteiger partial charge in [-0.1, -0.05) is 60.7 Å². The summed E-state index contributed by atoms with van der Waals surface area (Å²) in [6, 6.07) is 27.5. The van der Waals surface area contributed by atoms with Crippen LogP contribution in [-0.4, -0.2) is 18.3 Å². The van der Waals surface area contributed by atoms with E-state index in [0.29, 0.717) is 0 Å². The first kappa shape index (κ1) is 19.6. The maximum absolute atomic E-state index is 6.47. The lowest BCUT2D eigenvalue weighted by atomic mass is 9.76. The molecule has 1 aliphatic heterocycles. The standard InChI is InChI=1S/C28H25BO3/c1-27(2)28(3,4)32-29(31-27)24-16-21(18-10-6-5-7-11-18)15-23-22-14-19-12-8-9-13-20(19)17-25(22)30-26(23)24/h5-17H,1-4H3. The molecule has 1 fully saturated rings. The van der Waals surface area contributed by atoms with Crippen molar-refractivity contribution in [1.82, 2.24) is 0 Å². The highest BCUT2D eigenvalue weighted by Crippen LogP contribution is 2.39. The third-order valence-electron chi connectivity index (χ3n) is 7.08. The van der Waals surface area contributed by atoms with Gasteiger partial charge in [-0.15, -0.1) is 0 Å². The summed E-state index contributed by atoms with van der Waals surface area (Å²) in [5.74, 6) is 0. The van der Waals surface area contributed by atoms with Crippen molar-refractivity contribution in [2.24, 2.45) is 0 Å². The van der Waals surface area contributed by atoms with Gasteiger partial charge in [0.15, 0.2) is 0 Å². The van der Waals surface area contributed by atoms with Crippen LogP contribution in [0.1, 0.15) is 27.7 Å². The average molecular weight is 420 g/mol. The lowest BCUT2D eigenvalue weighted by Gasteiger charge is -2.32. The smallest absolute Gasteiger partial charge is 0.456 e. The molecule has 32 heavy (non-hydrogen) atoms. The molecule has 0 spiro atoms. The van der Waals surface area contributed by atoms with Gasteiger partial charge in [0.2, 0.25) is 0 Å². The molecule has 5 aromatic rings. The van der Waals surface area contributed by atoms with Crippen LogP contribution in [0.15, 0.2) is 83.3 Å². The molecule has 0 N–H and O–H groups in total. The SMILES string of the molecule is CC1(C)OB(c2cc(-c3ccccc3)cc3c2oc2cc4ccccc4cc23)OC1(C)C. The number of benzene rings is 4. The molecule has 1 saturated heterocycles. The van der Waals surface area contributed by atoms with Crippen molar-refractivity contribution >= 4 is 45.3 Å². The molecule has 6 rings (SSSR count). The molecule has 0 atom stereocenters. The molecular weight excluding hydrogens is 395 g/mol. The molecule has 4 heteroatoms. The third-order valence-corrected chi connectivity index (χ3v) is 7.08. The first-order valence-corrected chi connectivity index (χ1v) is 11.1. The minimum atomic E-state index is -0.499. The van der Waals surface area contributed by atoms with Crippen molar-refractivity contribution in [1.29, 1.82) is 0 Å². The Morgan fingerprint density at radius 1 is 0.625 bits per heavy atom. The second-order valence-corrected chi connectivity index (χ2v) is 9.69. The normalized spacial score (nSPS) is 17.6. The van der Waals surface area contributed by atoms with E-state index < -0.39 is 18.3 Å². The van der Waals surface area contributed by atoms with Gasteiger partial charge < -0.3 is 13.7 Å². The lowest BCUT2D eigenvalue weighted by Crippen LogP contribution is -2.41. The fourth-order valence-electron chi connectivity index (χ4n) is 4.53. The van der Waals surface area contributed by atoms with Gasteiger partial charge >= 0.3 is 7.12 Å². The maximum atomic E-state index is 6.47. The Morgan fingerprint density at radius 2 is 1.25 bits per heavy atom. The fraction of sp³-hybridized carbons (Fsp3) is 0.214. The molecule has 0 amide bonds. The van der Waals surface area contributed by atoms with Crippen LogP contribution < -0.4 is 5.46 Å². The molecule has 3 nitrogen and oxygen atoms in total. The highest BCUT2D eigenvalue weighted by atomic mass is 16.7. The fourth-order valence-corrected chi connectivity index (χ4v) is 4.53. The van der Waals surface area contributed by atoms with Crippen molar-refractivity contribution in [3.05, 3.63) is 78.9 Å². The van der Waals surface area contributed by atoms with Crippen LogP contribution in [0, 0.1) is 0 Å². The molecule has 0 unspecified atom stereocenters. The molecule has 2 heterocycles. The van der Waals surface area contributed by atoms with Crippen molar-refractivity contribution in [2.45, 2.75) is 38.9 Å². The van der Waals surface area contributed by atoms with Gasteiger partial charge in [0.25, 0.3) is 0 Å². The third kappa shape index (κ3) is 2.91. The van der Waals surface area contributed by atoms with E-state index in [1.165, 1.54) is 10.8 Å². The Bertz CT molecular complexity index is 1460. The molecule has 0 radical (unpaired) electrons. The average Bonchev–Trinajstić information content (AvgIpc) is 3.24. The zero-order valence-electron chi connectivity index (χ0n) is 18.8. The first-order valence-electron chi connectivity index (χ1n) is 11.1. The maximum Gasteiger partial charge on any atom is 0.498 e. The summed E-state index contributed by atoms with van der Waals surface area (Å²) in [7, 11) is -0.499. The monoisotopic (exact) mass is 420 g/mol. The number of rotatable bonds is 2. The summed E-state index contributed by atoms with van der Waals surface area (Å²) < 4.78 is 19.4. The van der Waals surface area contributed by atoms with E-state index in [1.54, 1.807) is 0 Å². The molecule has 158 valence electrons. The summed E-state index contributed by atoms with van der Waals surface area (Å²) in [5.41, 5.74) is 4.07. The van der Waals surface area contributed by atoms with Gasteiger partial charge in [0.1, 0.15) is 11.2 Å². The predicted octanol–water partition coefficient (Wildman–Crippen LogP) is 6.71. The van der Waals surface area contributed by atoms with Gasteiger partial charge in [-0.25, -0.2) is 0 Å². The second-order valence-electron chi connectivity index (χ2n) is 9.69. The first-order chi connectivity index (χ1) is 15.3. The van der Waals surface area contributed by atoms with Crippen LogP contribution in [0.25, 0.3) is 43.8 Å². The zero-order valence-corrected chi connectivity index (χ0v) is 18.8. The zero-order chi connectivity index (χ0) is 22.1. The van der Waals surface area contributed by atoms with Crippen molar-refractivity contribution in [3.63, 3.8) is 0 Å². The van der Waals surface area contributed by atoms with Crippen molar-refractivity contribution < 1.29 is 13.7 Å². The number of hydrogen-bond acceptors (Lipinski definition) is 3. The predicted molar refractivity (Wildman–Crippen MR) is 132 cm³/mol. The highest BCUT2D eigenvalue weighted by molar-refractivity contribution is 6.65. The van der Waals surface area contributed by atoms with E-state index in [4.69, 9.17) is 13.7 Å². The topological polar surface area (TPSA) is 31.6 Å². The van der Waals surface area contributed by atoms with Crippen LogP contribution in [0.5, 0.6) is 0 Å². The molecular formula is C28H25BO3. The van der Waals surface area contributed by atoms with Crippen LogP contribution in [-0.2, 0) is 9.31 Å². The van der Waals surface area contributed by atoms with E-state index in [2.05, 4.69) is 100 Å². The van der Waals surface area contributed by atoms with E-state index in [9.17, 15) is 0 Å². The summed E-state index contributed by atoms with van der Waals surface area (Å²) in [6.45, 7) is 8.32. The van der Waals surface area contributed by atoms with E-state index >= 15 is 0 Å². The van der Waals surface area contributed by atoms with E-state index in [0.717, 1.165) is 38.5 Å². The van der Waals surface area contributed by atoms with Crippen LogP contribution in [0.4, 0.5) is 0 Å². The van der Waals surface area contributed by atoms with Gasteiger partial charge in [0, 0.05) is 16.2 Å². The quantitative estimate of drug-likeness (QED) is 0.298. The van der Waals surface area contributed by atoms with Gasteiger partial charge in [-0.3, -0.25) is 0 Å². The number of fused-ring (bicyclic) bond motifs is 4. The van der Waals surface area contributed by atoms with E-state index in [-0.39, 0.29) is 0 Å². The molecule has 1 aromatic heterocycles. The summed E-state index contributed by atoms with van der Waals surface area (Å²) >= 11 is 0. The van der Waals surface area contributed by atoms with E-state index in [1.807, 2.05) is 6.07 Å². The minimum absolute atomic E-state index is 0.423. The van der Waals surface area contributed by atoms with Crippen molar-refractivity contribution in [2.75, 3.05) is 0 Å². The van der Waals surface area contributed by atoms with Crippen LogP contribution >= 0.6 is 0 Å². The van der Waals surface area contributed by atoms with Crippen molar-refractivity contribution in [3.8, 4) is 11.1 Å². The van der Waals surface area contributed by atoms with Gasteiger partial charge in [-0.05, 0) is 67.8 Å². The molecule has 0 saturated carbocycles. The summed E-state index contributed by atoms with van der Waals surface area (Å²) in [4.78, 5) is 0. The Kier molecular flexibility index (Phi) is 4.11. The van der Waals surface area contributed by atoms with Crippen LogP contribution in [0.3, 0.4) is 0 Å². The molecule has 1 aliphatic rings. The Hall–Kier alpha value is -3.08. The Labute approximate surface area is 188 Å². The summed E-state index contributed by atoms with van der Waals surface area (Å²) in [6.07, 6.45) is 0. The largest absolute Gasteiger partial charge is 0.498 e.